The van der Waals surface area contributed by atoms with Gasteiger partial charge in [0.15, 0.2) is 0 Å². The Morgan fingerprint density at radius 3 is 1.33 bits per heavy atom. The Bertz CT molecular complexity index is 691. The summed E-state index contributed by atoms with van der Waals surface area (Å²) in [6.45, 7) is 5.87. The number of ether oxygens (including phenoxy) is 4. The normalized spacial score (nSPS) is 11.1. The van der Waals surface area contributed by atoms with Crippen molar-refractivity contribution in [1.29, 1.82) is 0 Å². The standard InChI is InChI=1S/C37H72N2O7/c1-4-5-6-7-20-23-30-44-35(40)26-21-18-16-14-12-10-8-9-11-13-15-17-19-22-27-36(41)45-31-24-25-32-46-37(42)38-28-33-43-34-29-39(2)3/h4-34H2,1-3H3,(H,38,42). The number of carbonyl (C=O) groups is 3. The van der Waals surface area contributed by atoms with Gasteiger partial charge in [0, 0.05) is 25.9 Å². The van der Waals surface area contributed by atoms with Gasteiger partial charge in [-0.25, -0.2) is 4.79 Å². The first-order valence-electron chi connectivity index (χ1n) is 18.9. The predicted molar refractivity (Wildman–Crippen MR) is 187 cm³/mol. The van der Waals surface area contributed by atoms with Crippen molar-refractivity contribution in [2.24, 2.45) is 0 Å². The van der Waals surface area contributed by atoms with E-state index in [4.69, 9.17) is 18.9 Å². The number of amides is 1. The molecule has 272 valence electrons. The first-order valence-corrected chi connectivity index (χ1v) is 18.9. The topological polar surface area (TPSA) is 103 Å². The molecule has 9 heteroatoms. The largest absolute Gasteiger partial charge is 0.466 e. The number of alkyl carbamates (subject to hydrolysis) is 1. The second-order valence-electron chi connectivity index (χ2n) is 12.8. The van der Waals surface area contributed by atoms with Gasteiger partial charge in [-0.2, -0.15) is 0 Å². The number of rotatable bonds is 35. The Balaban J connectivity index is 3.27. The lowest BCUT2D eigenvalue weighted by Gasteiger charge is -2.10. The summed E-state index contributed by atoms with van der Waals surface area (Å²) in [6, 6.07) is 0. The molecule has 0 saturated carbocycles. The third-order valence-electron chi connectivity index (χ3n) is 8.01. The average Bonchev–Trinajstić information content (AvgIpc) is 3.03. The van der Waals surface area contributed by atoms with Gasteiger partial charge in [-0.05, 0) is 46.2 Å². The van der Waals surface area contributed by atoms with Crippen molar-refractivity contribution in [1.82, 2.24) is 10.2 Å². The summed E-state index contributed by atoms with van der Waals surface area (Å²) >= 11 is 0. The van der Waals surface area contributed by atoms with E-state index in [1.165, 1.54) is 96.3 Å². The Labute approximate surface area is 282 Å². The number of esters is 2. The summed E-state index contributed by atoms with van der Waals surface area (Å²) in [7, 11) is 3.97. The van der Waals surface area contributed by atoms with Crippen molar-refractivity contribution in [2.75, 3.05) is 60.2 Å². The Morgan fingerprint density at radius 1 is 0.478 bits per heavy atom. The molecule has 0 aliphatic heterocycles. The lowest BCUT2D eigenvalue weighted by atomic mass is 10.0. The third kappa shape index (κ3) is 36.6. The first-order chi connectivity index (χ1) is 22.5. The molecule has 0 bridgehead atoms. The molecule has 0 aromatic rings. The highest BCUT2D eigenvalue weighted by Gasteiger charge is 2.05. The summed E-state index contributed by atoms with van der Waals surface area (Å²) in [4.78, 5) is 37.4. The van der Waals surface area contributed by atoms with E-state index in [9.17, 15) is 14.4 Å². The molecule has 0 radical (unpaired) electrons. The van der Waals surface area contributed by atoms with Crippen LogP contribution in [0.5, 0.6) is 0 Å². The number of carbonyl (C=O) groups excluding carboxylic acids is 3. The zero-order valence-corrected chi connectivity index (χ0v) is 30.2. The molecular weight excluding hydrogens is 584 g/mol. The highest BCUT2D eigenvalue weighted by Crippen LogP contribution is 2.14. The van der Waals surface area contributed by atoms with E-state index in [0.717, 1.165) is 38.6 Å². The molecule has 0 spiro atoms. The summed E-state index contributed by atoms with van der Waals surface area (Å²) < 4.78 is 21.2. The van der Waals surface area contributed by atoms with Crippen LogP contribution < -0.4 is 5.32 Å². The third-order valence-corrected chi connectivity index (χ3v) is 8.01. The minimum atomic E-state index is -0.443. The maximum Gasteiger partial charge on any atom is 0.407 e. The number of nitrogens with zero attached hydrogens (tertiary/aromatic N) is 1. The van der Waals surface area contributed by atoms with Crippen LogP contribution in [0.2, 0.25) is 0 Å². The Hall–Kier alpha value is -1.87. The molecule has 0 fully saturated rings. The van der Waals surface area contributed by atoms with Gasteiger partial charge in [-0.15, -0.1) is 0 Å². The Kier molecular flexibility index (Phi) is 34.5. The highest BCUT2D eigenvalue weighted by molar-refractivity contribution is 5.69. The summed E-state index contributed by atoms with van der Waals surface area (Å²) in [5.41, 5.74) is 0. The van der Waals surface area contributed by atoms with E-state index in [-0.39, 0.29) is 11.9 Å². The maximum absolute atomic E-state index is 11.9. The quantitative estimate of drug-likeness (QED) is 0.0410. The molecule has 0 aromatic carbocycles. The Morgan fingerprint density at radius 2 is 0.870 bits per heavy atom. The fourth-order valence-corrected chi connectivity index (χ4v) is 5.05. The van der Waals surface area contributed by atoms with Crippen molar-refractivity contribution in [2.45, 2.75) is 161 Å². The van der Waals surface area contributed by atoms with E-state index >= 15 is 0 Å². The van der Waals surface area contributed by atoms with E-state index in [0.29, 0.717) is 65.3 Å². The van der Waals surface area contributed by atoms with Gasteiger partial charge in [-0.3, -0.25) is 9.59 Å². The van der Waals surface area contributed by atoms with Crippen LogP contribution >= 0.6 is 0 Å². The zero-order chi connectivity index (χ0) is 33.8. The molecule has 0 atom stereocenters. The van der Waals surface area contributed by atoms with Crippen molar-refractivity contribution < 1.29 is 33.3 Å². The molecular formula is C37H72N2O7. The van der Waals surface area contributed by atoms with Crippen molar-refractivity contribution in [3.63, 3.8) is 0 Å². The molecule has 1 N–H and O–H groups in total. The van der Waals surface area contributed by atoms with Gasteiger partial charge >= 0.3 is 18.0 Å². The van der Waals surface area contributed by atoms with Crippen LogP contribution in [0, 0.1) is 0 Å². The minimum Gasteiger partial charge on any atom is -0.466 e. The molecule has 1 amide bonds. The van der Waals surface area contributed by atoms with Crippen LogP contribution in [-0.2, 0) is 28.5 Å². The fraction of sp³-hybridized carbons (Fsp3) is 0.919. The van der Waals surface area contributed by atoms with E-state index in [1.54, 1.807) is 0 Å². The van der Waals surface area contributed by atoms with Crippen LogP contribution in [0.3, 0.4) is 0 Å². The number of likely N-dealkylation sites (N-methyl/N-ethyl adjacent to an activating group) is 1. The number of hydrogen-bond donors (Lipinski definition) is 1. The van der Waals surface area contributed by atoms with Gasteiger partial charge in [0.05, 0.1) is 33.0 Å². The molecule has 0 saturated heterocycles. The summed E-state index contributed by atoms with van der Waals surface area (Å²) in [5.74, 6) is -0.145. The van der Waals surface area contributed by atoms with Crippen LogP contribution in [0.1, 0.15) is 161 Å². The number of hydrogen-bond acceptors (Lipinski definition) is 8. The predicted octanol–water partition coefficient (Wildman–Crippen LogP) is 8.76. The van der Waals surface area contributed by atoms with Crippen LogP contribution in [0.4, 0.5) is 4.79 Å². The second-order valence-corrected chi connectivity index (χ2v) is 12.8. The fourth-order valence-electron chi connectivity index (χ4n) is 5.05. The molecule has 9 nitrogen and oxygen atoms in total. The summed E-state index contributed by atoms with van der Waals surface area (Å²) in [6.07, 6.45) is 26.1. The van der Waals surface area contributed by atoms with Gasteiger partial charge < -0.3 is 29.2 Å². The molecule has 0 unspecified atom stereocenters. The van der Waals surface area contributed by atoms with Crippen molar-refractivity contribution in [3.8, 4) is 0 Å². The van der Waals surface area contributed by atoms with Gasteiger partial charge in [0.1, 0.15) is 0 Å². The van der Waals surface area contributed by atoms with Crippen LogP contribution in [-0.4, -0.2) is 83.2 Å². The van der Waals surface area contributed by atoms with E-state index in [2.05, 4.69) is 12.2 Å². The van der Waals surface area contributed by atoms with Gasteiger partial charge in [0.25, 0.3) is 0 Å². The number of unbranched alkanes of at least 4 members (excludes halogenated alkanes) is 19. The SMILES string of the molecule is CCCCCCCCOC(=O)CCCCCCCCCCCCCCCCC(=O)OCCCCOC(=O)NCCOCCN(C)C. The zero-order valence-electron chi connectivity index (χ0n) is 30.2. The number of nitrogens with one attached hydrogen (secondary N) is 1. The van der Waals surface area contributed by atoms with E-state index in [1.807, 2.05) is 19.0 Å². The smallest absolute Gasteiger partial charge is 0.407 e. The van der Waals surface area contributed by atoms with Gasteiger partial charge in [0.2, 0.25) is 0 Å². The average molecular weight is 657 g/mol. The summed E-state index contributed by atoms with van der Waals surface area (Å²) in [5, 5.41) is 2.66. The molecule has 46 heavy (non-hydrogen) atoms. The second kappa shape index (κ2) is 36.0. The van der Waals surface area contributed by atoms with Crippen LogP contribution in [0.25, 0.3) is 0 Å². The van der Waals surface area contributed by atoms with Gasteiger partial charge in [-0.1, -0.05) is 116 Å². The molecule has 0 aromatic heterocycles. The minimum absolute atomic E-state index is 0.0151. The first kappa shape index (κ1) is 44.1. The van der Waals surface area contributed by atoms with Crippen LogP contribution in [0.15, 0.2) is 0 Å². The molecule has 0 rings (SSSR count). The van der Waals surface area contributed by atoms with Crippen molar-refractivity contribution in [3.05, 3.63) is 0 Å². The van der Waals surface area contributed by atoms with Crippen molar-refractivity contribution >= 4 is 18.0 Å². The maximum atomic E-state index is 11.9. The molecule has 0 aliphatic carbocycles. The molecule has 0 aliphatic rings. The highest BCUT2D eigenvalue weighted by atomic mass is 16.6. The monoisotopic (exact) mass is 657 g/mol. The lowest BCUT2D eigenvalue weighted by Crippen LogP contribution is -2.29. The van der Waals surface area contributed by atoms with E-state index < -0.39 is 6.09 Å². The molecule has 0 heterocycles. The lowest BCUT2D eigenvalue weighted by molar-refractivity contribution is -0.144.